The van der Waals surface area contributed by atoms with E-state index in [0.29, 0.717) is 6.54 Å². The molecule has 0 radical (unpaired) electrons. The van der Waals surface area contributed by atoms with Gasteiger partial charge in [0.15, 0.2) is 36.0 Å². The summed E-state index contributed by atoms with van der Waals surface area (Å²) in [6.45, 7) is 9.54. The number of phenolic OH excluding ortho intramolecular Hbond substituents is 1. The van der Waals surface area contributed by atoms with Crippen LogP contribution < -0.4 is 67.8 Å². The van der Waals surface area contributed by atoms with Gasteiger partial charge < -0.3 is 168 Å². The van der Waals surface area contributed by atoms with E-state index in [4.69, 9.17) is 66.8 Å². The Balaban J connectivity index is 1.10. The van der Waals surface area contributed by atoms with Crippen LogP contribution in [-0.2, 0) is 66.8 Å². The van der Waals surface area contributed by atoms with Gasteiger partial charge in [-0.2, -0.15) is 0 Å². The van der Waals surface area contributed by atoms with Gasteiger partial charge in [-0.15, -0.1) is 0 Å². The minimum Gasteiger partial charge on any atom is -0.508 e. The topological polar surface area (TPSA) is 698 Å². The van der Waals surface area contributed by atoms with Crippen LogP contribution in [-0.4, -0.2) is 329 Å². The molecule has 46 heteroatoms. The highest BCUT2D eigenvalue weighted by Gasteiger charge is 2.53. The second-order valence-electron chi connectivity index (χ2n) is 36.1. The van der Waals surface area contributed by atoms with Crippen LogP contribution in [0.3, 0.4) is 0 Å². The number of primary amides is 1. The van der Waals surface area contributed by atoms with Crippen molar-refractivity contribution in [1.82, 2.24) is 47.9 Å². The Bertz CT molecular complexity index is 4890. The van der Waals surface area contributed by atoms with Gasteiger partial charge in [0.2, 0.25) is 59.3 Å². The third-order valence-electron chi connectivity index (χ3n) is 25.1. The number of benzene rings is 4. The van der Waals surface area contributed by atoms with E-state index < -0.39 is 326 Å². The maximum atomic E-state index is 15.8. The molecule has 3 saturated heterocycles. The molecule has 764 valence electrons. The number of rotatable bonds is 35. The molecule has 3 fully saturated rings. The normalized spacial score (nSPS) is 30.3. The third kappa shape index (κ3) is 28.4. The maximum absolute atomic E-state index is 15.8. The number of halogens is 2. The second kappa shape index (κ2) is 50.9. The molecule has 12 rings (SSSR count). The largest absolute Gasteiger partial charge is 0.508 e. The maximum Gasteiger partial charge on any atom is 0.247 e. The van der Waals surface area contributed by atoms with Crippen molar-refractivity contribution in [3.63, 3.8) is 0 Å². The Morgan fingerprint density at radius 3 is 1.96 bits per heavy atom. The highest BCUT2D eigenvalue weighted by Crippen LogP contribution is 2.50. The first-order chi connectivity index (χ1) is 65.5. The highest BCUT2D eigenvalue weighted by atomic mass is 35.5. The lowest BCUT2D eigenvalue weighted by Crippen LogP contribution is -2.62. The quantitative estimate of drug-likeness (QED) is 0.0176. The van der Waals surface area contributed by atoms with Crippen molar-refractivity contribution in [2.24, 2.45) is 22.6 Å². The fraction of sp³-hybridized carbons (Fsp3) is 0.609. The van der Waals surface area contributed by atoms with Crippen molar-refractivity contribution in [2.45, 2.75) is 289 Å². The number of nitrogens with one attached hydrogen (secondary N) is 9. The number of hydrogen-bond donors (Lipinski definition) is 26. The number of likely N-dealkylation sites (N-methyl/N-ethyl adjacent to an activating group) is 1. The Morgan fingerprint density at radius 1 is 0.703 bits per heavy atom. The molecular formula is C92H129Cl2N11O33. The summed E-state index contributed by atoms with van der Waals surface area (Å²) in [5.74, 6) is -15.7. The first kappa shape index (κ1) is 111. The van der Waals surface area contributed by atoms with Crippen LogP contribution in [0.15, 0.2) is 83.4 Å². The van der Waals surface area contributed by atoms with Crippen molar-refractivity contribution >= 4 is 83.0 Å². The Labute approximate surface area is 805 Å². The minimum atomic E-state index is -2.50. The zero-order valence-corrected chi connectivity index (χ0v) is 78.5. The van der Waals surface area contributed by atoms with E-state index in [2.05, 4.69) is 66.5 Å². The van der Waals surface area contributed by atoms with Crippen LogP contribution in [0.2, 0.25) is 10.0 Å². The number of fused-ring (bicyclic) bond motifs is 16. The lowest BCUT2D eigenvalue weighted by atomic mass is 9.75. The summed E-state index contributed by atoms with van der Waals surface area (Å²) in [6, 6.07) is 0.855. The molecule has 7 heterocycles. The molecule has 9 bridgehead atoms. The van der Waals surface area contributed by atoms with E-state index in [-0.39, 0.29) is 72.3 Å². The van der Waals surface area contributed by atoms with Crippen molar-refractivity contribution in [3.05, 3.63) is 116 Å². The number of aliphatic imine (C=N–C) groups is 1. The van der Waals surface area contributed by atoms with Crippen molar-refractivity contribution in [1.29, 1.82) is 0 Å². The molecule has 1 aliphatic carbocycles. The first-order valence-electron chi connectivity index (χ1n) is 45.9. The standard InChI is InChI=1S/C92H129Cl2N11O33/c1-8-9-10-11-12-13-23-100-92(5)36-69(131-40-42(4)83(92)124)137-82-79(122)77(120)65(39-108)136-91(82)138-81-62-28-46-29-63(81)133-60-20-17-45(27-52(60)94)75(118)74(105-85(126)53(96-6)24-41(2)3)89(130)101-54(33-66(115)97-7)86(127)104-72(46)88(129)103-71(84(95)125)44-15-18-55(111)49(25-44)70-50(30-47(109)31-58(70)114)73(102-68(117)34-56(112)43-16-19-59(132-62)51(93)26-43)87(128)99-22-14-21-98-67(116)35-57(113)61(32-48(110)37-106)134-90-80(123)78(121)76(119)64(38-107)135-90/h15-20,25-30,41-42,48,53-54,56-58,61,64-65,69-80,82-83,88,90-91,96,100,103,106-108,110-114,118-124,129H,7-14,21-24,31-40H2,1-6H3,(H2,95,125)(H,98,116)(H,99,128)(H,101,130)(H,102,117)(H,104,127)(H,105,126). The molecular weight excluding hydrogens is 1860 g/mol. The summed E-state index contributed by atoms with van der Waals surface area (Å²) in [5.41, 5.74) is 3.29. The Hall–Kier alpha value is -9.22. The van der Waals surface area contributed by atoms with Gasteiger partial charge in [0.1, 0.15) is 96.5 Å². The number of ether oxygens (including phenoxy) is 8. The number of hydrogen-bond acceptors (Lipinski definition) is 36. The average molecular weight is 1990 g/mol. The lowest BCUT2D eigenvalue weighted by molar-refractivity contribution is -0.318. The summed E-state index contributed by atoms with van der Waals surface area (Å²) >= 11 is 14.4. The summed E-state index contributed by atoms with van der Waals surface area (Å²) in [5, 5.41) is 205. The molecule has 44 nitrogen and oxygen atoms in total. The minimum absolute atomic E-state index is 0.115. The van der Waals surface area contributed by atoms with Crippen molar-refractivity contribution < 1.29 is 163 Å². The number of nitrogens with two attached hydrogens (primary N) is 1. The number of carbonyl (C=O) groups excluding carboxylic acids is 9. The summed E-state index contributed by atoms with van der Waals surface area (Å²) in [6.07, 6.45) is -32.0. The number of amides is 8. The second-order valence-corrected chi connectivity index (χ2v) is 36.9. The SMILES string of the molecule is C=NC(=O)CC1NC(=O)C(NC(=O)C(CC(C)C)NC)C(O)c2ccc(c(Cl)c2)Oc2cc3cc(c2OC2OC(CO)C(O)C(O)C2OC2CC(C)(NCCCCCCCC)C(O)C(C)CO2)Oc2ccc(cc2Cl)C(O)CC(=O)NC(C(=O)NCCCNC(=O)CC(O)C(CC(O)CO)OC2OC(CO)C(O)C(O)C2O)C2=CC(=O)CC(O)C2c2cc(ccc2O)C(C(N)=O)NC(O)C3NC1=O. The van der Waals surface area contributed by atoms with Crippen LogP contribution >= 0.6 is 23.2 Å². The Kier molecular flexibility index (Phi) is 40.9. The number of aliphatic hydroxyl groups is 15. The molecule has 28 atom stereocenters. The van der Waals surface area contributed by atoms with Crippen LogP contribution in [0.4, 0.5) is 0 Å². The smallest absolute Gasteiger partial charge is 0.247 e. The monoisotopic (exact) mass is 1990 g/mol. The van der Waals surface area contributed by atoms with E-state index in [1.807, 2.05) is 13.8 Å². The van der Waals surface area contributed by atoms with Crippen LogP contribution in [0.5, 0.6) is 34.5 Å². The molecule has 8 aliphatic rings. The van der Waals surface area contributed by atoms with Crippen LogP contribution in [0, 0.1) is 11.8 Å². The zero-order valence-electron chi connectivity index (χ0n) is 77.0. The number of allylic oxidation sites excluding steroid dienone is 1. The number of aromatic hydroxyl groups is 1. The molecule has 27 N–H and O–H groups in total. The van der Waals surface area contributed by atoms with E-state index in [0.717, 1.165) is 87.1 Å². The average Bonchev–Trinajstić information content (AvgIpc) is 0.856. The van der Waals surface area contributed by atoms with E-state index >= 15 is 14.4 Å². The molecule has 138 heavy (non-hydrogen) atoms. The fourth-order valence-electron chi connectivity index (χ4n) is 17.4. The molecule has 8 amide bonds. The van der Waals surface area contributed by atoms with Gasteiger partial charge in [0.05, 0.1) is 104 Å². The predicted octanol–water partition coefficient (Wildman–Crippen LogP) is -1.93. The van der Waals surface area contributed by atoms with Gasteiger partial charge in [0.25, 0.3) is 0 Å². The summed E-state index contributed by atoms with van der Waals surface area (Å²) in [7, 11) is 1.47. The van der Waals surface area contributed by atoms with Crippen molar-refractivity contribution in [2.75, 3.05) is 53.1 Å². The molecule has 0 spiro atoms. The third-order valence-corrected chi connectivity index (χ3v) is 25.7. The van der Waals surface area contributed by atoms with Gasteiger partial charge in [-0.05, 0) is 135 Å². The molecule has 0 aromatic heterocycles. The summed E-state index contributed by atoms with van der Waals surface area (Å²) < 4.78 is 50.9. The Morgan fingerprint density at radius 2 is 1.33 bits per heavy atom. The molecule has 0 saturated carbocycles. The van der Waals surface area contributed by atoms with Gasteiger partial charge in [0, 0.05) is 55.3 Å². The highest BCUT2D eigenvalue weighted by molar-refractivity contribution is 6.32. The number of nitrogens with zero attached hydrogens (tertiary/aromatic N) is 1. The predicted molar refractivity (Wildman–Crippen MR) is 488 cm³/mol. The zero-order chi connectivity index (χ0) is 101. The van der Waals surface area contributed by atoms with Crippen LogP contribution in [0.25, 0.3) is 0 Å². The van der Waals surface area contributed by atoms with Gasteiger partial charge >= 0.3 is 0 Å². The van der Waals surface area contributed by atoms with E-state index in [9.17, 15) is 110 Å². The number of ketones is 1. The number of aliphatic hydroxyl groups excluding tert-OH is 15. The fourth-order valence-corrected chi connectivity index (χ4v) is 17.8. The number of phenols is 1. The lowest BCUT2D eigenvalue weighted by Gasteiger charge is -2.43. The van der Waals surface area contributed by atoms with E-state index in [1.54, 1.807) is 13.8 Å². The molecule has 4 aromatic rings. The first-order valence-corrected chi connectivity index (χ1v) is 46.6. The van der Waals surface area contributed by atoms with Crippen LogP contribution in [0.1, 0.15) is 183 Å². The molecule has 7 aliphatic heterocycles. The van der Waals surface area contributed by atoms with Gasteiger partial charge in [-0.1, -0.05) is 101 Å². The van der Waals surface area contributed by atoms with E-state index in [1.165, 1.54) is 31.3 Å². The number of unbranched alkanes of at least 4 members (excludes halogenated alkanes) is 5. The molecule has 4 aromatic carbocycles. The summed E-state index contributed by atoms with van der Waals surface area (Å²) in [4.78, 5) is 134. The van der Waals surface area contributed by atoms with Crippen molar-refractivity contribution in [3.8, 4) is 34.5 Å². The molecule has 28 unspecified atom stereocenters. The van der Waals surface area contributed by atoms with Gasteiger partial charge in [-0.3, -0.25) is 48.5 Å². The number of carbonyl (C=O) groups is 9. The van der Waals surface area contributed by atoms with Gasteiger partial charge in [-0.25, -0.2) is 4.99 Å².